The van der Waals surface area contributed by atoms with Gasteiger partial charge in [0.1, 0.15) is 11.3 Å². The van der Waals surface area contributed by atoms with Crippen LogP contribution in [0.3, 0.4) is 0 Å². The van der Waals surface area contributed by atoms with E-state index in [2.05, 4.69) is 4.74 Å². The molecule has 0 heterocycles. The standard InChI is InChI=1S/C10H5F6NO/c1-18-6-3-2-5(4-17)7(9(11,12)13)8(6)10(14,15)16/h2-3H,1H3. The zero-order valence-electron chi connectivity index (χ0n) is 8.78. The lowest BCUT2D eigenvalue weighted by molar-refractivity contribution is -0.163. The molecule has 0 saturated heterocycles. The first kappa shape index (κ1) is 14.2. The van der Waals surface area contributed by atoms with Gasteiger partial charge in [0.05, 0.1) is 24.3 Å². The first-order valence-corrected chi connectivity index (χ1v) is 4.38. The maximum absolute atomic E-state index is 12.7. The SMILES string of the molecule is COc1ccc(C#N)c(C(F)(F)F)c1C(F)(F)F. The fraction of sp³-hybridized carbons (Fsp3) is 0.300. The quantitative estimate of drug-likeness (QED) is 0.730. The molecule has 1 aromatic carbocycles. The van der Waals surface area contributed by atoms with Crippen LogP contribution in [0.15, 0.2) is 12.1 Å². The van der Waals surface area contributed by atoms with Gasteiger partial charge in [-0.1, -0.05) is 0 Å². The van der Waals surface area contributed by atoms with Crippen molar-refractivity contribution in [1.82, 2.24) is 0 Å². The molecule has 0 atom stereocenters. The van der Waals surface area contributed by atoms with Crippen molar-refractivity contribution in [2.45, 2.75) is 12.4 Å². The summed E-state index contributed by atoms with van der Waals surface area (Å²) in [5, 5.41) is 8.48. The molecule has 18 heavy (non-hydrogen) atoms. The predicted octanol–water partition coefficient (Wildman–Crippen LogP) is 3.60. The van der Waals surface area contributed by atoms with Crippen LogP contribution in [0.4, 0.5) is 26.3 Å². The molecule has 98 valence electrons. The van der Waals surface area contributed by atoms with Gasteiger partial charge >= 0.3 is 12.4 Å². The molecule has 0 aliphatic rings. The number of ether oxygens (including phenoxy) is 1. The molecule has 0 spiro atoms. The number of rotatable bonds is 1. The fourth-order valence-electron chi connectivity index (χ4n) is 1.42. The number of alkyl halides is 6. The molecule has 0 N–H and O–H groups in total. The second kappa shape index (κ2) is 4.40. The number of hydrogen-bond donors (Lipinski definition) is 0. The van der Waals surface area contributed by atoms with E-state index in [0.717, 1.165) is 13.2 Å². The third kappa shape index (κ3) is 2.50. The summed E-state index contributed by atoms with van der Waals surface area (Å²) in [6, 6.07) is 2.40. The Morgan fingerprint density at radius 1 is 1.00 bits per heavy atom. The Kier molecular flexibility index (Phi) is 3.46. The van der Waals surface area contributed by atoms with E-state index in [1.54, 1.807) is 0 Å². The zero-order chi connectivity index (χ0) is 14.1. The Balaban J connectivity index is 3.78. The van der Waals surface area contributed by atoms with Crippen molar-refractivity contribution >= 4 is 0 Å². The molecule has 0 unspecified atom stereocenters. The van der Waals surface area contributed by atoms with E-state index < -0.39 is 34.8 Å². The summed E-state index contributed by atoms with van der Waals surface area (Å²) in [5.74, 6) is -0.978. The molecule has 0 radical (unpaired) electrons. The third-order valence-corrected chi connectivity index (χ3v) is 2.07. The predicted molar refractivity (Wildman–Crippen MR) is 47.7 cm³/mol. The maximum Gasteiger partial charge on any atom is 0.420 e. The molecule has 0 fully saturated rings. The highest BCUT2D eigenvalue weighted by molar-refractivity contribution is 5.52. The van der Waals surface area contributed by atoms with E-state index in [9.17, 15) is 26.3 Å². The van der Waals surface area contributed by atoms with Crippen molar-refractivity contribution in [3.8, 4) is 11.8 Å². The van der Waals surface area contributed by atoms with Crippen LogP contribution >= 0.6 is 0 Å². The van der Waals surface area contributed by atoms with Crippen molar-refractivity contribution < 1.29 is 31.1 Å². The van der Waals surface area contributed by atoms with E-state index in [0.29, 0.717) is 12.1 Å². The van der Waals surface area contributed by atoms with Crippen molar-refractivity contribution in [1.29, 1.82) is 5.26 Å². The summed E-state index contributed by atoms with van der Waals surface area (Å²) >= 11 is 0. The average Bonchev–Trinajstić information content (AvgIpc) is 2.24. The van der Waals surface area contributed by atoms with Crippen LogP contribution in [0.5, 0.6) is 5.75 Å². The van der Waals surface area contributed by atoms with Gasteiger partial charge in [0, 0.05) is 0 Å². The van der Waals surface area contributed by atoms with E-state index >= 15 is 0 Å². The minimum Gasteiger partial charge on any atom is -0.496 e. The van der Waals surface area contributed by atoms with Crippen LogP contribution in [0.25, 0.3) is 0 Å². The Morgan fingerprint density at radius 2 is 1.50 bits per heavy atom. The lowest BCUT2D eigenvalue weighted by Crippen LogP contribution is -2.19. The minimum absolute atomic E-state index is 0.636. The fourth-order valence-corrected chi connectivity index (χ4v) is 1.42. The number of nitriles is 1. The highest BCUT2D eigenvalue weighted by Crippen LogP contribution is 2.46. The van der Waals surface area contributed by atoms with Crippen LogP contribution in [-0.4, -0.2) is 7.11 Å². The Bertz CT molecular complexity index is 497. The second-order valence-electron chi connectivity index (χ2n) is 3.17. The van der Waals surface area contributed by atoms with E-state index in [4.69, 9.17) is 5.26 Å². The molecular weight excluding hydrogens is 264 g/mol. The Hall–Kier alpha value is -1.91. The van der Waals surface area contributed by atoms with Crippen molar-refractivity contribution in [2.24, 2.45) is 0 Å². The van der Waals surface area contributed by atoms with Gasteiger partial charge in [-0.3, -0.25) is 0 Å². The van der Waals surface area contributed by atoms with E-state index in [1.807, 2.05) is 0 Å². The largest absolute Gasteiger partial charge is 0.496 e. The van der Waals surface area contributed by atoms with Gasteiger partial charge in [-0.15, -0.1) is 0 Å². The lowest BCUT2D eigenvalue weighted by atomic mass is 9.99. The highest BCUT2D eigenvalue weighted by Gasteiger charge is 2.47. The van der Waals surface area contributed by atoms with Gasteiger partial charge in [0.2, 0.25) is 0 Å². The number of benzene rings is 1. The van der Waals surface area contributed by atoms with Gasteiger partial charge in [0.25, 0.3) is 0 Å². The van der Waals surface area contributed by atoms with E-state index in [1.165, 1.54) is 0 Å². The van der Waals surface area contributed by atoms with Gasteiger partial charge in [0.15, 0.2) is 0 Å². The topological polar surface area (TPSA) is 33.0 Å². The summed E-state index contributed by atoms with van der Waals surface area (Å²) in [5.41, 5.74) is -5.12. The first-order valence-electron chi connectivity index (χ1n) is 4.38. The van der Waals surface area contributed by atoms with Crippen LogP contribution in [0.1, 0.15) is 16.7 Å². The van der Waals surface area contributed by atoms with Crippen molar-refractivity contribution in [2.75, 3.05) is 7.11 Å². The monoisotopic (exact) mass is 269 g/mol. The average molecular weight is 269 g/mol. The summed E-state index contributed by atoms with van der Waals surface area (Å²) in [6.07, 6.45) is -10.6. The second-order valence-corrected chi connectivity index (χ2v) is 3.17. The maximum atomic E-state index is 12.7. The highest BCUT2D eigenvalue weighted by atomic mass is 19.4. The third-order valence-electron chi connectivity index (χ3n) is 2.07. The summed E-state index contributed by atoms with van der Waals surface area (Å²) < 4.78 is 80.1. The van der Waals surface area contributed by atoms with E-state index in [-0.39, 0.29) is 0 Å². The number of methoxy groups -OCH3 is 1. The molecule has 1 rings (SSSR count). The summed E-state index contributed by atoms with van der Waals surface area (Å²) in [4.78, 5) is 0. The zero-order valence-corrected chi connectivity index (χ0v) is 8.78. The Morgan fingerprint density at radius 3 is 1.83 bits per heavy atom. The number of hydrogen-bond acceptors (Lipinski definition) is 2. The summed E-state index contributed by atoms with van der Waals surface area (Å²) in [6.45, 7) is 0. The minimum atomic E-state index is -5.30. The van der Waals surface area contributed by atoms with Gasteiger partial charge in [-0.05, 0) is 12.1 Å². The molecule has 1 aromatic rings. The summed E-state index contributed by atoms with van der Waals surface area (Å²) in [7, 11) is 0.816. The van der Waals surface area contributed by atoms with Crippen molar-refractivity contribution in [3.05, 3.63) is 28.8 Å². The normalized spacial score (nSPS) is 12.1. The molecular formula is C10H5F6NO. The molecule has 0 saturated carbocycles. The van der Waals surface area contributed by atoms with Crippen LogP contribution in [0.2, 0.25) is 0 Å². The molecule has 0 bridgehead atoms. The molecule has 0 amide bonds. The number of nitrogens with zero attached hydrogens (tertiary/aromatic N) is 1. The molecule has 0 aliphatic heterocycles. The lowest BCUT2D eigenvalue weighted by Gasteiger charge is -2.19. The Labute approximate surface area is 97.4 Å². The van der Waals surface area contributed by atoms with Crippen LogP contribution < -0.4 is 4.74 Å². The van der Waals surface area contributed by atoms with Gasteiger partial charge < -0.3 is 4.74 Å². The van der Waals surface area contributed by atoms with Crippen LogP contribution in [-0.2, 0) is 12.4 Å². The first-order chi connectivity index (χ1) is 8.12. The molecule has 2 nitrogen and oxygen atoms in total. The van der Waals surface area contributed by atoms with Gasteiger partial charge in [-0.2, -0.15) is 31.6 Å². The number of halogens is 6. The molecule has 0 aliphatic carbocycles. The molecule has 0 aromatic heterocycles. The van der Waals surface area contributed by atoms with Crippen molar-refractivity contribution in [3.63, 3.8) is 0 Å². The van der Waals surface area contributed by atoms with Crippen LogP contribution in [0, 0.1) is 11.3 Å². The van der Waals surface area contributed by atoms with Gasteiger partial charge in [-0.25, -0.2) is 0 Å². The smallest absolute Gasteiger partial charge is 0.420 e. The molecule has 8 heteroatoms.